The fourth-order valence-electron chi connectivity index (χ4n) is 1.14. The van der Waals surface area contributed by atoms with Crippen molar-refractivity contribution in [3.8, 4) is 0 Å². The molecule has 0 saturated heterocycles. The van der Waals surface area contributed by atoms with Crippen molar-refractivity contribution in [1.82, 2.24) is 0 Å². The number of aliphatic hydroxyl groups excluding tert-OH is 1. The molecule has 0 aliphatic rings. The van der Waals surface area contributed by atoms with Crippen molar-refractivity contribution in [2.45, 2.75) is 20.0 Å². The Morgan fingerprint density at radius 3 is 2.80 bits per heavy atom. The molecule has 1 aromatic carbocycles. The van der Waals surface area contributed by atoms with Gasteiger partial charge in [-0.25, -0.2) is 9.18 Å². The number of rotatable bonds is 3. The van der Waals surface area contributed by atoms with Gasteiger partial charge in [-0.3, -0.25) is 0 Å². The van der Waals surface area contributed by atoms with E-state index in [-0.39, 0.29) is 12.2 Å². The van der Waals surface area contributed by atoms with Gasteiger partial charge in [0.1, 0.15) is 5.82 Å². The molecule has 1 rings (SSSR count). The van der Waals surface area contributed by atoms with Crippen LogP contribution in [0.25, 0.3) is 0 Å². The van der Waals surface area contributed by atoms with Gasteiger partial charge in [-0.2, -0.15) is 0 Å². The first-order valence-electron chi connectivity index (χ1n) is 4.67. The Morgan fingerprint density at radius 2 is 2.27 bits per heavy atom. The largest absolute Gasteiger partial charge is 0.464 e. The number of hydrogen-bond acceptors (Lipinski definition) is 3. The second kappa shape index (κ2) is 4.89. The number of ether oxygens (including phenoxy) is 1. The van der Waals surface area contributed by atoms with Gasteiger partial charge in [0.15, 0.2) is 6.10 Å². The molecule has 0 fully saturated rings. The van der Waals surface area contributed by atoms with E-state index in [0.29, 0.717) is 5.56 Å². The molecule has 4 heteroatoms. The van der Waals surface area contributed by atoms with Gasteiger partial charge in [0.05, 0.1) is 6.61 Å². The summed E-state index contributed by atoms with van der Waals surface area (Å²) in [5.74, 6) is -1.21. The lowest BCUT2D eigenvalue weighted by atomic mass is 10.1. The summed E-state index contributed by atoms with van der Waals surface area (Å²) in [6.45, 7) is 3.43. The van der Waals surface area contributed by atoms with E-state index >= 15 is 0 Å². The summed E-state index contributed by atoms with van der Waals surface area (Å²) < 4.78 is 17.7. The van der Waals surface area contributed by atoms with Crippen molar-refractivity contribution in [3.05, 3.63) is 35.1 Å². The molecule has 0 aliphatic carbocycles. The van der Waals surface area contributed by atoms with E-state index in [0.717, 1.165) is 6.07 Å². The molecule has 3 nitrogen and oxygen atoms in total. The molecule has 1 N–H and O–H groups in total. The lowest BCUT2D eigenvalue weighted by molar-refractivity contribution is -0.153. The van der Waals surface area contributed by atoms with Crippen LogP contribution in [0.3, 0.4) is 0 Å². The van der Waals surface area contributed by atoms with Gasteiger partial charge < -0.3 is 9.84 Å². The fraction of sp³-hybridized carbons (Fsp3) is 0.364. The summed E-state index contributed by atoms with van der Waals surface area (Å²) in [6, 6.07) is 4.14. The molecule has 0 radical (unpaired) electrons. The number of esters is 1. The topological polar surface area (TPSA) is 46.5 Å². The molecular weight excluding hydrogens is 199 g/mol. The van der Waals surface area contributed by atoms with E-state index in [4.69, 9.17) is 0 Å². The summed E-state index contributed by atoms with van der Waals surface area (Å²) in [7, 11) is 0. The molecule has 0 spiro atoms. The zero-order valence-corrected chi connectivity index (χ0v) is 8.66. The summed E-state index contributed by atoms with van der Waals surface area (Å²) in [6.07, 6.45) is -1.42. The van der Waals surface area contributed by atoms with Gasteiger partial charge in [0.2, 0.25) is 0 Å². The first kappa shape index (κ1) is 11.7. The third-order valence-electron chi connectivity index (χ3n) is 2.02. The smallest absolute Gasteiger partial charge is 0.339 e. The minimum atomic E-state index is -1.42. The molecule has 0 aromatic heterocycles. The fourth-order valence-corrected chi connectivity index (χ4v) is 1.14. The second-order valence-corrected chi connectivity index (χ2v) is 3.16. The average Bonchev–Trinajstić information content (AvgIpc) is 2.21. The molecule has 1 unspecified atom stereocenters. The van der Waals surface area contributed by atoms with Crippen LogP contribution < -0.4 is 0 Å². The highest BCUT2D eigenvalue weighted by Gasteiger charge is 2.19. The predicted molar refractivity (Wildman–Crippen MR) is 52.7 cm³/mol. The Bertz CT molecular complexity index is 363. The minimum Gasteiger partial charge on any atom is -0.464 e. The van der Waals surface area contributed by atoms with E-state index in [2.05, 4.69) is 4.74 Å². The van der Waals surface area contributed by atoms with E-state index < -0.39 is 17.9 Å². The summed E-state index contributed by atoms with van der Waals surface area (Å²) >= 11 is 0. The highest BCUT2D eigenvalue weighted by Crippen LogP contribution is 2.17. The second-order valence-electron chi connectivity index (χ2n) is 3.16. The molecule has 0 amide bonds. The summed E-state index contributed by atoms with van der Waals surface area (Å²) in [5, 5.41) is 9.49. The average molecular weight is 212 g/mol. The van der Waals surface area contributed by atoms with Crippen LogP contribution in [0.1, 0.15) is 24.2 Å². The molecule has 82 valence electrons. The van der Waals surface area contributed by atoms with E-state index in [1.54, 1.807) is 13.8 Å². The normalized spacial score (nSPS) is 12.3. The lowest BCUT2D eigenvalue weighted by Crippen LogP contribution is -2.15. The molecule has 0 bridgehead atoms. The van der Waals surface area contributed by atoms with Crippen LogP contribution >= 0.6 is 0 Å². The molecular formula is C11H13FO3. The molecule has 15 heavy (non-hydrogen) atoms. The number of aliphatic hydroxyl groups is 1. The number of carbonyl (C=O) groups excluding carboxylic acids is 1. The van der Waals surface area contributed by atoms with Gasteiger partial charge >= 0.3 is 5.97 Å². The number of aryl methyl sites for hydroxylation is 1. The molecule has 0 aliphatic heterocycles. The van der Waals surface area contributed by atoms with Gasteiger partial charge in [-0.1, -0.05) is 12.1 Å². The van der Waals surface area contributed by atoms with E-state index in [1.807, 2.05) is 0 Å². The maximum atomic E-state index is 13.1. The summed E-state index contributed by atoms with van der Waals surface area (Å²) in [5.41, 5.74) is 0.673. The Balaban J connectivity index is 2.86. The maximum Gasteiger partial charge on any atom is 0.339 e. The van der Waals surface area contributed by atoms with Gasteiger partial charge in [0.25, 0.3) is 0 Å². The Kier molecular flexibility index (Phi) is 3.80. The molecule has 0 saturated carbocycles. The zero-order valence-electron chi connectivity index (χ0n) is 8.66. The van der Waals surface area contributed by atoms with Crippen molar-refractivity contribution in [3.63, 3.8) is 0 Å². The van der Waals surface area contributed by atoms with Crippen LogP contribution in [0.15, 0.2) is 18.2 Å². The van der Waals surface area contributed by atoms with Gasteiger partial charge in [0, 0.05) is 0 Å². The molecule has 1 atom stereocenters. The van der Waals surface area contributed by atoms with E-state index in [1.165, 1.54) is 12.1 Å². The molecule has 1 aromatic rings. The number of halogens is 1. The van der Waals surface area contributed by atoms with Crippen molar-refractivity contribution in [2.75, 3.05) is 6.61 Å². The highest BCUT2D eigenvalue weighted by molar-refractivity contribution is 5.76. The predicted octanol–water partition coefficient (Wildman–Crippen LogP) is 1.73. The monoisotopic (exact) mass is 212 g/mol. The van der Waals surface area contributed by atoms with Crippen molar-refractivity contribution in [2.24, 2.45) is 0 Å². The van der Waals surface area contributed by atoms with Crippen LogP contribution in [-0.4, -0.2) is 17.7 Å². The standard InChI is InChI=1S/C11H13FO3/c1-3-15-11(14)10(13)8-5-4-7(2)9(12)6-8/h4-6,10,13H,3H2,1-2H3. The number of hydrogen-bond donors (Lipinski definition) is 1. The van der Waals surface area contributed by atoms with Gasteiger partial charge in [-0.15, -0.1) is 0 Å². The first-order valence-corrected chi connectivity index (χ1v) is 4.67. The third kappa shape index (κ3) is 2.76. The Morgan fingerprint density at radius 1 is 1.60 bits per heavy atom. The van der Waals surface area contributed by atoms with Crippen molar-refractivity contribution < 1.29 is 19.0 Å². The summed E-state index contributed by atoms with van der Waals surface area (Å²) in [4.78, 5) is 11.1. The Labute approximate surface area is 87.5 Å². The maximum absolute atomic E-state index is 13.1. The van der Waals surface area contributed by atoms with Crippen molar-refractivity contribution in [1.29, 1.82) is 0 Å². The number of carbonyl (C=O) groups is 1. The lowest BCUT2D eigenvalue weighted by Gasteiger charge is -2.10. The SMILES string of the molecule is CCOC(=O)C(O)c1ccc(C)c(F)c1. The van der Waals surface area contributed by atoms with Crippen LogP contribution in [0.4, 0.5) is 4.39 Å². The van der Waals surface area contributed by atoms with Crippen LogP contribution in [-0.2, 0) is 9.53 Å². The van der Waals surface area contributed by atoms with Crippen LogP contribution in [0.2, 0.25) is 0 Å². The molecule has 0 heterocycles. The third-order valence-corrected chi connectivity index (χ3v) is 2.02. The zero-order chi connectivity index (χ0) is 11.4. The Hall–Kier alpha value is -1.42. The highest BCUT2D eigenvalue weighted by atomic mass is 19.1. The van der Waals surface area contributed by atoms with Gasteiger partial charge in [-0.05, 0) is 31.0 Å². The minimum absolute atomic E-state index is 0.185. The number of benzene rings is 1. The van der Waals surface area contributed by atoms with E-state index in [9.17, 15) is 14.3 Å². The van der Waals surface area contributed by atoms with Crippen LogP contribution in [0.5, 0.6) is 0 Å². The van der Waals surface area contributed by atoms with Crippen molar-refractivity contribution >= 4 is 5.97 Å². The quantitative estimate of drug-likeness (QED) is 0.776. The van der Waals surface area contributed by atoms with Crippen LogP contribution in [0, 0.1) is 12.7 Å². The first-order chi connectivity index (χ1) is 7.06.